The molecule has 8 heteroatoms. The molecule has 0 aliphatic carbocycles. The number of amides is 1. The van der Waals surface area contributed by atoms with Gasteiger partial charge in [0.15, 0.2) is 28.4 Å². The van der Waals surface area contributed by atoms with Crippen molar-refractivity contribution in [2.75, 3.05) is 20.0 Å². The first kappa shape index (κ1) is 24.6. The van der Waals surface area contributed by atoms with Crippen molar-refractivity contribution in [2.24, 2.45) is 0 Å². The molecule has 0 unspecified atom stereocenters. The van der Waals surface area contributed by atoms with E-state index in [2.05, 4.69) is 6.58 Å². The van der Waals surface area contributed by atoms with Gasteiger partial charge in [0.05, 0.1) is 23.6 Å². The lowest BCUT2D eigenvalue weighted by atomic mass is 9.97. The lowest BCUT2D eigenvalue weighted by Crippen LogP contribution is -2.29. The standard InChI is InChI=1S/C31H27NO7/c1-4-12-36-23-11-8-20(15-26(23)35-5-2)28-27-29(33)21-13-18(3)6-9-22(21)39-30(27)31(34)32(28)16-19-7-10-24-25(14-19)38-17-37-24/h4,6-11,13-15,28H,1,5,12,16-17H2,2-3H3/t28-/m0/s1. The van der Waals surface area contributed by atoms with Gasteiger partial charge in [-0.25, -0.2) is 0 Å². The van der Waals surface area contributed by atoms with Crippen LogP contribution < -0.4 is 24.4 Å². The maximum absolute atomic E-state index is 13.9. The highest BCUT2D eigenvalue weighted by Gasteiger charge is 2.43. The van der Waals surface area contributed by atoms with Gasteiger partial charge in [-0.05, 0) is 61.4 Å². The fourth-order valence-electron chi connectivity index (χ4n) is 5.11. The summed E-state index contributed by atoms with van der Waals surface area (Å²) in [6.45, 7) is 8.61. The van der Waals surface area contributed by atoms with Gasteiger partial charge in [-0.1, -0.05) is 36.4 Å². The molecule has 0 fully saturated rings. The van der Waals surface area contributed by atoms with Crippen LogP contribution in [0.2, 0.25) is 0 Å². The molecule has 2 aliphatic rings. The molecule has 3 aromatic carbocycles. The van der Waals surface area contributed by atoms with Crippen LogP contribution in [0.25, 0.3) is 11.0 Å². The normalized spacial score (nSPS) is 15.5. The zero-order valence-corrected chi connectivity index (χ0v) is 21.7. The Labute approximate surface area is 225 Å². The molecule has 0 radical (unpaired) electrons. The fraction of sp³-hybridized carbons (Fsp3) is 0.226. The van der Waals surface area contributed by atoms with Crippen molar-refractivity contribution >= 4 is 16.9 Å². The summed E-state index contributed by atoms with van der Waals surface area (Å²) in [6.07, 6.45) is 1.65. The van der Waals surface area contributed by atoms with Crippen molar-refractivity contribution in [3.63, 3.8) is 0 Å². The Kier molecular flexibility index (Phi) is 6.23. The van der Waals surface area contributed by atoms with Crippen molar-refractivity contribution in [3.8, 4) is 23.0 Å². The first-order valence-corrected chi connectivity index (χ1v) is 12.8. The molecule has 0 N–H and O–H groups in total. The molecule has 0 saturated carbocycles. The number of fused-ring (bicyclic) bond motifs is 3. The van der Waals surface area contributed by atoms with Crippen LogP contribution in [0, 0.1) is 6.92 Å². The minimum Gasteiger partial charge on any atom is -0.490 e. The summed E-state index contributed by atoms with van der Waals surface area (Å²) in [6, 6.07) is 15.7. The van der Waals surface area contributed by atoms with Crippen molar-refractivity contribution in [2.45, 2.75) is 26.4 Å². The van der Waals surface area contributed by atoms with Gasteiger partial charge in [0, 0.05) is 6.54 Å². The molecular formula is C31H27NO7. The summed E-state index contributed by atoms with van der Waals surface area (Å²) in [7, 11) is 0. The van der Waals surface area contributed by atoms with E-state index in [1.165, 1.54) is 0 Å². The summed E-state index contributed by atoms with van der Waals surface area (Å²) < 4.78 is 28.7. The molecule has 1 atom stereocenters. The lowest BCUT2D eigenvalue weighted by Gasteiger charge is -2.26. The predicted molar refractivity (Wildman–Crippen MR) is 145 cm³/mol. The average molecular weight is 526 g/mol. The van der Waals surface area contributed by atoms with E-state index >= 15 is 0 Å². The van der Waals surface area contributed by atoms with E-state index in [9.17, 15) is 9.59 Å². The van der Waals surface area contributed by atoms with E-state index < -0.39 is 6.04 Å². The molecule has 8 nitrogen and oxygen atoms in total. The highest BCUT2D eigenvalue weighted by Crippen LogP contribution is 2.42. The molecule has 6 rings (SSSR count). The molecule has 3 heterocycles. The topological polar surface area (TPSA) is 87.4 Å². The highest BCUT2D eigenvalue weighted by atomic mass is 16.7. The number of hydrogen-bond donors (Lipinski definition) is 0. The Balaban J connectivity index is 1.51. The monoisotopic (exact) mass is 525 g/mol. The molecule has 0 bridgehead atoms. The van der Waals surface area contributed by atoms with Gasteiger partial charge in [-0.15, -0.1) is 0 Å². The van der Waals surface area contributed by atoms with Crippen LogP contribution in [0.1, 0.15) is 45.8 Å². The van der Waals surface area contributed by atoms with E-state index in [0.717, 1.165) is 11.1 Å². The molecule has 0 spiro atoms. The third-order valence-corrected chi connectivity index (χ3v) is 6.85. The quantitative estimate of drug-likeness (QED) is 0.279. The van der Waals surface area contributed by atoms with Crippen LogP contribution in [0.15, 0.2) is 76.5 Å². The van der Waals surface area contributed by atoms with Crippen molar-refractivity contribution in [3.05, 3.63) is 105 Å². The molecule has 39 heavy (non-hydrogen) atoms. The number of hydrogen-bond acceptors (Lipinski definition) is 7. The maximum atomic E-state index is 13.9. The minimum absolute atomic E-state index is 0.0482. The number of nitrogens with zero attached hydrogens (tertiary/aromatic N) is 1. The third-order valence-electron chi connectivity index (χ3n) is 6.85. The van der Waals surface area contributed by atoms with Crippen LogP contribution in [0.4, 0.5) is 0 Å². The Morgan fingerprint density at radius 2 is 1.85 bits per heavy atom. The van der Waals surface area contributed by atoms with Gasteiger partial charge in [0.1, 0.15) is 12.2 Å². The van der Waals surface area contributed by atoms with E-state index in [1.807, 2.05) is 50.2 Å². The molecule has 1 amide bonds. The lowest BCUT2D eigenvalue weighted by molar-refractivity contribution is 0.0714. The first-order valence-electron chi connectivity index (χ1n) is 12.8. The van der Waals surface area contributed by atoms with E-state index in [-0.39, 0.29) is 30.4 Å². The van der Waals surface area contributed by atoms with Crippen molar-refractivity contribution in [1.29, 1.82) is 0 Å². The van der Waals surface area contributed by atoms with E-state index in [0.29, 0.717) is 58.3 Å². The zero-order valence-electron chi connectivity index (χ0n) is 21.7. The molecule has 1 aromatic heterocycles. The predicted octanol–water partition coefficient (Wildman–Crippen LogP) is 5.54. The average Bonchev–Trinajstić information content (AvgIpc) is 3.51. The SMILES string of the molecule is C=CCOc1ccc([C@H]2c3c(oc4ccc(C)cc4c3=O)C(=O)N2Cc2ccc3c(c2)OCO3)cc1OCC. The summed E-state index contributed by atoms with van der Waals surface area (Å²) in [5.74, 6) is 2.02. The second-order valence-corrected chi connectivity index (χ2v) is 9.44. The minimum atomic E-state index is -0.702. The number of rotatable bonds is 8. The van der Waals surface area contributed by atoms with Crippen molar-refractivity contribution < 1.29 is 28.2 Å². The molecular weight excluding hydrogens is 498 g/mol. The number of aryl methyl sites for hydroxylation is 1. The van der Waals surface area contributed by atoms with Gasteiger partial charge in [-0.2, -0.15) is 0 Å². The molecule has 198 valence electrons. The van der Waals surface area contributed by atoms with E-state index in [4.69, 9.17) is 23.4 Å². The van der Waals surface area contributed by atoms with Crippen LogP contribution in [-0.2, 0) is 6.54 Å². The summed E-state index contributed by atoms with van der Waals surface area (Å²) in [5, 5.41) is 0.437. The van der Waals surface area contributed by atoms with Crippen LogP contribution in [0.5, 0.6) is 23.0 Å². The van der Waals surface area contributed by atoms with Gasteiger partial charge < -0.3 is 28.3 Å². The number of benzene rings is 3. The summed E-state index contributed by atoms with van der Waals surface area (Å²) >= 11 is 0. The third kappa shape index (κ3) is 4.27. The van der Waals surface area contributed by atoms with Crippen LogP contribution >= 0.6 is 0 Å². The summed E-state index contributed by atoms with van der Waals surface area (Å²) in [5.41, 5.74) is 2.91. The van der Waals surface area contributed by atoms with Gasteiger partial charge in [-0.3, -0.25) is 9.59 Å². The molecule has 0 saturated heterocycles. The zero-order chi connectivity index (χ0) is 27.1. The van der Waals surface area contributed by atoms with Crippen molar-refractivity contribution in [1.82, 2.24) is 4.90 Å². The Bertz CT molecular complexity index is 1670. The first-order chi connectivity index (χ1) is 19.0. The molecule has 2 aliphatic heterocycles. The van der Waals surface area contributed by atoms with Crippen LogP contribution in [-0.4, -0.2) is 30.8 Å². The Hall–Kier alpha value is -4.72. The van der Waals surface area contributed by atoms with Gasteiger partial charge in [0.25, 0.3) is 5.91 Å². The fourth-order valence-corrected chi connectivity index (χ4v) is 5.11. The van der Waals surface area contributed by atoms with Gasteiger partial charge in [0.2, 0.25) is 12.6 Å². The smallest absolute Gasteiger partial charge is 0.291 e. The maximum Gasteiger partial charge on any atom is 0.291 e. The molecule has 4 aromatic rings. The number of ether oxygens (including phenoxy) is 4. The largest absolute Gasteiger partial charge is 0.490 e. The Morgan fingerprint density at radius 1 is 1.00 bits per heavy atom. The summed E-state index contributed by atoms with van der Waals surface area (Å²) in [4.78, 5) is 29.4. The Morgan fingerprint density at radius 3 is 2.67 bits per heavy atom. The second-order valence-electron chi connectivity index (χ2n) is 9.44. The van der Waals surface area contributed by atoms with Crippen LogP contribution in [0.3, 0.4) is 0 Å². The highest BCUT2D eigenvalue weighted by molar-refractivity contribution is 5.99. The number of carbonyl (C=O) groups excluding carboxylic acids is 1. The van der Waals surface area contributed by atoms with Gasteiger partial charge >= 0.3 is 0 Å². The number of carbonyl (C=O) groups is 1. The van der Waals surface area contributed by atoms with E-state index in [1.54, 1.807) is 29.2 Å². The second kappa shape index (κ2) is 9.87.